The highest BCUT2D eigenvalue weighted by atomic mass is 16.5. The van der Waals surface area contributed by atoms with E-state index in [1.807, 2.05) is 0 Å². The number of aryl methyl sites for hydroxylation is 1. The van der Waals surface area contributed by atoms with Crippen LogP contribution in [0.4, 0.5) is 0 Å². The van der Waals surface area contributed by atoms with Gasteiger partial charge in [0.05, 0.1) is 6.10 Å². The van der Waals surface area contributed by atoms with Gasteiger partial charge >= 0.3 is 0 Å². The van der Waals surface area contributed by atoms with Crippen LogP contribution in [0.3, 0.4) is 0 Å². The van der Waals surface area contributed by atoms with E-state index < -0.39 is 0 Å². The van der Waals surface area contributed by atoms with Crippen LogP contribution in [0.15, 0.2) is 9.52 Å². The van der Waals surface area contributed by atoms with Crippen molar-refractivity contribution in [2.45, 2.75) is 32.4 Å². The molecular formula is C10H17N5O2. The van der Waals surface area contributed by atoms with Crippen molar-refractivity contribution in [2.24, 2.45) is 10.7 Å². The fourth-order valence-electron chi connectivity index (χ4n) is 1.64. The van der Waals surface area contributed by atoms with Crippen LogP contribution in [0.1, 0.15) is 24.6 Å². The van der Waals surface area contributed by atoms with Gasteiger partial charge in [0.2, 0.25) is 5.89 Å². The Morgan fingerprint density at radius 1 is 1.65 bits per heavy atom. The molecule has 7 heteroatoms. The molecule has 0 amide bonds. The summed E-state index contributed by atoms with van der Waals surface area (Å²) in [5, 5.41) is 6.74. The number of rotatable bonds is 4. The molecule has 1 fully saturated rings. The second-order valence-corrected chi connectivity index (χ2v) is 3.95. The summed E-state index contributed by atoms with van der Waals surface area (Å²) in [5.74, 6) is 1.44. The topological polar surface area (TPSA) is 98.6 Å². The maximum Gasteiger partial charge on any atom is 0.223 e. The van der Waals surface area contributed by atoms with Gasteiger partial charge < -0.3 is 20.3 Å². The van der Waals surface area contributed by atoms with Gasteiger partial charge in [-0.3, -0.25) is 0 Å². The Morgan fingerprint density at radius 2 is 2.53 bits per heavy atom. The van der Waals surface area contributed by atoms with E-state index in [0.717, 1.165) is 19.4 Å². The Morgan fingerprint density at radius 3 is 3.18 bits per heavy atom. The Labute approximate surface area is 99.4 Å². The highest BCUT2D eigenvalue weighted by Crippen LogP contribution is 2.10. The second kappa shape index (κ2) is 5.62. The molecule has 17 heavy (non-hydrogen) atoms. The highest BCUT2D eigenvalue weighted by Gasteiger charge is 2.14. The van der Waals surface area contributed by atoms with E-state index in [9.17, 15) is 0 Å². The molecule has 2 heterocycles. The molecule has 0 radical (unpaired) electrons. The van der Waals surface area contributed by atoms with Gasteiger partial charge in [-0.15, -0.1) is 0 Å². The Bertz CT molecular complexity index is 384. The predicted octanol–water partition coefficient (Wildman–Crippen LogP) is -0.0387. The molecule has 1 unspecified atom stereocenters. The Balaban J connectivity index is 1.73. The van der Waals surface area contributed by atoms with E-state index in [2.05, 4.69) is 20.4 Å². The van der Waals surface area contributed by atoms with E-state index in [-0.39, 0.29) is 6.10 Å². The molecule has 1 aliphatic rings. The quantitative estimate of drug-likeness (QED) is 0.565. The van der Waals surface area contributed by atoms with Gasteiger partial charge in [0.25, 0.3) is 0 Å². The van der Waals surface area contributed by atoms with Crippen molar-refractivity contribution in [1.29, 1.82) is 0 Å². The molecule has 0 spiro atoms. The van der Waals surface area contributed by atoms with Crippen molar-refractivity contribution in [3.05, 3.63) is 11.7 Å². The lowest BCUT2D eigenvalue weighted by atomic mass is 10.2. The molecule has 0 aliphatic carbocycles. The van der Waals surface area contributed by atoms with Gasteiger partial charge in [-0.05, 0) is 12.8 Å². The van der Waals surface area contributed by atoms with Crippen molar-refractivity contribution in [1.82, 2.24) is 15.5 Å². The smallest absolute Gasteiger partial charge is 0.223 e. The Hall–Kier alpha value is -1.63. The minimum atomic E-state index is 0.246. The predicted molar refractivity (Wildman–Crippen MR) is 61.3 cm³/mol. The molecule has 1 saturated heterocycles. The monoisotopic (exact) mass is 239 g/mol. The van der Waals surface area contributed by atoms with Gasteiger partial charge in [-0.1, -0.05) is 5.16 Å². The molecule has 3 N–H and O–H groups in total. The summed E-state index contributed by atoms with van der Waals surface area (Å²) < 4.78 is 10.3. The third-order valence-corrected chi connectivity index (χ3v) is 2.50. The fraction of sp³-hybridized carbons (Fsp3) is 0.700. The van der Waals surface area contributed by atoms with Crippen LogP contribution < -0.4 is 11.1 Å². The van der Waals surface area contributed by atoms with Gasteiger partial charge in [-0.25, -0.2) is 4.99 Å². The first kappa shape index (κ1) is 11.8. The van der Waals surface area contributed by atoms with Crippen LogP contribution in [0.5, 0.6) is 0 Å². The molecule has 1 aromatic heterocycles. The fourth-order valence-corrected chi connectivity index (χ4v) is 1.64. The first-order valence-corrected chi connectivity index (χ1v) is 5.68. The van der Waals surface area contributed by atoms with Crippen molar-refractivity contribution in [2.75, 3.05) is 13.2 Å². The number of hydrogen-bond donors (Lipinski definition) is 2. The zero-order valence-corrected chi connectivity index (χ0v) is 9.85. The summed E-state index contributed by atoms with van der Waals surface area (Å²) >= 11 is 0. The summed E-state index contributed by atoms with van der Waals surface area (Å²) in [6, 6.07) is 0. The molecule has 94 valence electrons. The number of nitrogens with one attached hydrogen (secondary N) is 1. The number of nitrogens with zero attached hydrogens (tertiary/aromatic N) is 3. The third-order valence-electron chi connectivity index (χ3n) is 2.50. The van der Waals surface area contributed by atoms with Crippen LogP contribution in [-0.2, 0) is 11.3 Å². The molecular weight excluding hydrogens is 222 g/mol. The first-order chi connectivity index (χ1) is 8.24. The standard InChI is InChI=1S/C10H17N5O2/c1-7-14-9(15-17-7)6-13-10(11)12-5-8-3-2-4-16-8/h8H,2-6H2,1H3,(H3,11,12,13). The van der Waals surface area contributed by atoms with Gasteiger partial charge in [0.1, 0.15) is 6.54 Å². The molecule has 0 aromatic carbocycles. The van der Waals surface area contributed by atoms with E-state index in [0.29, 0.717) is 30.8 Å². The SMILES string of the molecule is Cc1nc(CN=C(N)NCC2CCCO2)no1. The van der Waals surface area contributed by atoms with Crippen LogP contribution >= 0.6 is 0 Å². The lowest BCUT2D eigenvalue weighted by molar-refractivity contribution is 0.114. The van der Waals surface area contributed by atoms with E-state index in [1.165, 1.54) is 0 Å². The molecule has 7 nitrogen and oxygen atoms in total. The molecule has 2 rings (SSSR count). The summed E-state index contributed by atoms with van der Waals surface area (Å²) in [5.41, 5.74) is 5.70. The van der Waals surface area contributed by atoms with Gasteiger partial charge in [0, 0.05) is 20.1 Å². The first-order valence-electron chi connectivity index (χ1n) is 5.68. The number of nitrogens with two attached hydrogens (primary N) is 1. The molecule has 1 aliphatic heterocycles. The Kier molecular flexibility index (Phi) is 3.92. The van der Waals surface area contributed by atoms with Crippen molar-refractivity contribution < 1.29 is 9.26 Å². The van der Waals surface area contributed by atoms with Gasteiger partial charge in [0.15, 0.2) is 11.8 Å². The summed E-state index contributed by atoms with van der Waals surface area (Å²) in [4.78, 5) is 8.14. The van der Waals surface area contributed by atoms with Crippen LogP contribution in [0, 0.1) is 6.92 Å². The number of ether oxygens (including phenoxy) is 1. The number of aromatic nitrogens is 2. The van der Waals surface area contributed by atoms with Gasteiger partial charge in [-0.2, -0.15) is 4.98 Å². The minimum Gasteiger partial charge on any atom is -0.376 e. The van der Waals surface area contributed by atoms with Crippen LogP contribution in [-0.4, -0.2) is 35.4 Å². The average Bonchev–Trinajstić information content (AvgIpc) is 2.95. The third kappa shape index (κ3) is 3.70. The average molecular weight is 239 g/mol. The molecule has 0 bridgehead atoms. The number of hydrogen-bond acceptors (Lipinski definition) is 5. The van der Waals surface area contributed by atoms with E-state index >= 15 is 0 Å². The maximum absolute atomic E-state index is 5.70. The van der Waals surface area contributed by atoms with Crippen molar-refractivity contribution in [3.8, 4) is 0 Å². The van der Waals surface area contributed by atoms with E-state index in [1.54, 1.807) is 6.92 Å². The molecule has 1 atom stereocenters. The zero-order chi connectivity index (χ0) is 12.1. The van der Waals surface area contributed by atoms with E-state index in [4.69, 9.17) is 15.0 Å². The summed E-state index contributed by atoms with van der Waals surface area (Å²) in [6.45, 7) is 3.59. The number of guanidine groups is 1. The normalized spacial score (nSPS) is 20.8. The largest absolute Gasteiger partial charge is 0.376 e. The number of aliphatic imine (C=N–C) groups is 1. The second-order valence-electron chi connectivity index (χ2n) is 3.95. The minimum absolute atomic E-state index is 0.246. The lowest BCUT2D eigenvalue weighted by Gasteiger charge is -2.10. The van der Waals surface area contributed by atoms with Crippen LogP contribution in [0.25, 0.3) is 0 Å². The molecule has 1 aromatic rings. The lowest BCUT2D eigenvalue weighted by Crippen LogP contribution is -2.37. The highest BCUT2D eigenvalue weighted by molar-refractivity contribution is 5.77. The van der Waals surface area contributed by atoms with Crippen molar-refractivity contribution >= 4 is 5.96 Å². The maximum atomic E-state index is 5.70. The summed E-state index contributed by atoms with van der Waals surface area (Å²) in [6.07, 6.45) is 2.44. The van der Waals surface area contributed by atoms with Crippen LogP contribution in [0.2, 0.25) is 0 Å². The van der Waals surface area contributed by atoms with Crippen molar-refractivity contribution in [3.63, 3.8) is 0 Å². The zero-order valence-electron chi connectivity index (χ0n) is 9.85. The molecule has 0 saturated carbocycles. The summed E-state index contributed by atoms with van der Waals surface area (Å²) in [7, 11) is 0.